The second-order valence-corrected chi connectivity index (χ2v) is 6.30. The lowest BCUT2D eigenvalue weighted by atomic mass is 10.1. The summed E-state index contributed by atoms with van der Waals surface area (Å²) in [6.07, 6.45) is 2.21. The van der Waals surface area contributed by atoms with Gasteiger partial charge >= 0.3 is 0 Å². The maximum absolute atomic E-state index is 12.2. The van der Waals surface area contributed by atoms with Gasteiger partial charge in [-0.1, -0.05) is 23.7 Å². The molecule has 0 spiro atoms. The molecule has 122 valence electrons. The Labute approximate surface area is 148 Å². The van der Waals surface area contributed by atoms with E-state index in [1.54, 1.807) is 24.6 Å². The van der Waals surface area contributed by atoms with Crippen LogP contribution in [0.25, 0.3) is 0 Å². The predicted octanol–water partition coefficient (Wildman–Crippen LogP) is 4.04. The molecule has 3 aromatic rings. The van der Waals surface area contributed by atoms with Crippen LogP contribution < -0.4 is 10.1 Å². The third kappa shape index (κ3) is 4.10. The summed E-state index contributed by atoms with van der Waals surface area (Å²) in [4.78, 5) is 20.5. The average molecular weight is 360 g/mol. The topological polar surface area (TPSA) is 64.1 Å². The van der Waals surface area contributed by atoms with Crippen LogP contribution in [-0.4, -0.2) is 23.0 Å². The normalized spacial score (nSPS) is 10.4. The molecule has 7 heteroatoms. The molecule has 0 saturated heterocycles. The molecule has 2 aromatic heterocycles. The molecule has 0 saturated carbocycles. The first-order chi connectivity index (χ1) is 11.6. The number of ether oxygens (including phenoxy) is 1. The monoisotopic (exact) mass is 359 g/mol. The second-order valence-electron chi connectivity index (χ2n) is 4.97. The minimum absolute atomic E-state index is 0.269. The van der Waals surface area contributed by atoms with Gasteiger partial charge in [0.2, 0.25) is 0 Å². The molecule has 0 bridgehead atoms. The van der Waals surface area contributed by atoms with Crippen LogP contribution in [0.15, 0.2) is 48.0 Å². The van der Waals surface area contributed by atoms with Gasteiger partial charge in [0.25, 0.3) is 5.91 Å². The Hall–Kier alpha value is -2.44. The first-order valence-corrected chi connectivity index (χ1v) is 8.40. The molecule has 5 nitrogen and oxygen atoms in total. The van der Waals surface area contributed by atoms with Gasteiger partial charge < -0.3 is 10.1 Å². The number of thiazole rings is 1. The van der Waals surface area contributed by atoms with Gasteiger partial charge in [-0.2, -0.15) is 0 Å². The highest BCUT2D eigenvalue weighted by molar-refractivity contribution is 7.09. The van der Waals surface area contributed by atoms with Gasteiger partial charge in [-0.25, -0.2) is 9.97 Å². The Kier molecular flexibility index (Phi) is 5.08. The Bertz CT molecular complexity index is 849. The number of hydrogen-bond donors (Lipinski definition) is 1. The molecular weight excluding hydrogens is 346 g/mol. The van der Waals surface area contributed by atoms with Crippen LogP contribution in [-0.2, 0) is 6.42 Å². The average Bonchev–Trinajstić information content (AvgIpc) is 3.04. The van der Waals surface area contributed by atoms with Crippen LogP contribution in [0, 0.1) is 0 Å². The molecule has 1 N–H and O–H groups in total. The predicted molar refractivity (Wildman–Crippen MR) is 95.1 cm³/mol. The van der Waals surface area contributed by atoms with Crippen LogP contribution >= 0.6 is 22.9 Å². The zero-order valence-corrected chi connectivity index (χ0v) is 14.4. The fraction of sp³-hybridized carbons (Fsp3) is 0.118. The third-order valence-corrected chi connectivity index (χ3v) is 4.34. The summed E-state index contributed by atoms with van der Waals surface area (Å²) in [5.41, 5.74) is 2.08. The fourth-order valence-electron chi connectivity index (χ4n) is 2.09. The molecule has 1 aromatic carbocycles. The first kappa shape index (κ1) is 16.4. The summed E-state index contributed by atoms with van der Waals surface area (Å²) in [6.45, 7) is 0. The van der Waals surface area contributed by atoms with E-state index < -0.39 is 0 Å². The van der Waals surface area contributed by atoms with Crippen molar-refractivity contribution >= 4 is 34.5 Å². The number of aromatic nitrogens is 2. The Morgan fingerprint density at radius 3 is 2.79 bits per heavy atom. The number of benzene rings is 1. The third-order valence-electron chi connectivity index (χ3n) is 3.28. The molecule has 0 atom stereocenters. The van der Waals surface area contributed by atoms with Crippen molar-refractivity contribution in [3.05, 3.63) is 69.4 Å². The van der Waals surface area contributed by atoms with Crippen molar-refractivity contribution in [2.45, 2.75) is 6.42 Å². The molecule has 0 aliphatic heterocycles. The summed E-state index contributed by atoms with van der Waals surface area (Å²) in [5, 5.41) is 5.70. The minimum Gasteiger partial charge on any atom is -0.497 e. The van der Waals surface area contributed by atoms with E-state index in [0.717, 1.165) is 16.3 Å². The summed E-state index contributed by atoms with van der Waals surface area (Å²) in [6, 6.07) is 11.0. The lowest BCUT2D eigenvalue weighted by Crippen LogP contribution is -2.12. The van der Waals surface area contributed by atoms with E-state index in [9.17, 15) is 4.79 Å². The standard InChI is InChI=1S/C17H14ClN3O2S/c1-23-13-4-2-11(3-5-13)8-16-21-14(10-24-16)17(22)20-12-6-7-19-15(18)9-12/h2-7,9-10H,8H2,1H3,(H,19,20,22). The Morgan fingerprint density at radius 1 is 1.29 bits per heavy atom. The van der Waals surface area contributed by atoms with Crippen molar-refractivity contribution in [1.82, 2.24) is 9.97 Å². The van der Waals surface area contributed by atoms with E-state index in [1.807, 2.05) is 24.3 Å². The number of amides is 1. The van der Waals surface area contributed by atoms with E-state index in [0.29, 0.717) is 23.0 Å². The van der Waals surface area contributed by atoms with Crippen LogP contribution in [0.2, 0.25) is 5.15 Å². The fourth-order valence-corrected chi connectivity index (χ4v) is 3.07. The largest absolute Gasteiger partial charge is 0.497 e. The van der Waals surface area contributed by atoms with Gasteiger partial charge in [-0.3, -0.25) is 4.79 Å². The lowest BCUT2D eigenvalue weighted by Gasteiger charge is -2.03. The number of carbonyl (C=O) groups is 1. The molecule has 1 amide bonds. The van der Waals surface area contributed by atoms with Crippen LogP contribution in [0.5, 0.6) is 5.75 Å². The number of anilines is 1. The van der Waals surface area contributed by atoms with Gasteiger partial charge in [0.1, 0.15) is 16.6 Å². The van der Waals surface area contributed by atoms with Crippen LogP contribution in [0.1, 0.15) is 21.1 Å². The molecular formula is C17H14ClN3O2S. The van der Waals surface area contributed by atoms with Crippen molar-refractivity contribution in [2.75, 3.05) is 12.4 Å². The zero-order valence-electron chi connectivity index (χ0n) is 12.8. The summed E-state index contributed by atoms with van der Waals surface area (Å²) in [7, 11) is 1.64. The molecule has 2 heterocycles. The number of methoxy groups -OCH3 is 1. The molecule has 0 aliphatic rings. The summed E-state index contributed by atoms with van der Waals surface area (Å²) in [5.74, 6) is 0.545. The van der Waals surface area contributed by atoms with E-state index in [2.05, 4.69) is 15.3 Å². The van der Waals surface area contributed by atoms with Crippen molar-refractivity contribution in [3.63, 3.8) is 0 Å². The van der Waals surface area contributed by atoms with Crippen molar-refractivity contribution in [2.24, 2.45) is 0 Å². The van der Waals surface area contributed by atoms with E-state index >= 15 is 0 Å². The molecule has 0 fully saturated rings. The van der Waals surface area contributed by atoms with E-state index in [-0.39, 0.29) is 5.91 Å². The highest BCUT2D eigenvalue weighted by Gasteiger charge is 2.12. The number of carbonyl (C=O) groups excluding carboxylic acids is 1. The van der Waals surface area contributed by atoms with Crippen molar-refractivity contribution in [1.29, 1.82) is 0 Å². The lowest BCUT2D eigenvalue weighted by molar-refractivity contribution is 0.102. The molecule has 0 unspecified atom stereocenters. The van der Waals surface area contributed by atoms with Crippen LogP contribution in [0.3, 0.4) is 0 Å². The first-order valence-electron chi connectivity index (χ1n) is 7.14. The molecule has 24 heavy (non-hydrogen) atoms. The summed E-state index contributed by atoms with van der Waals surface area (Å²) < 4.78 is 5.14. The smallest absolute Gasteiger partial charge is 0.275 e. The van der Waals surface area contributed by atoms with Gasteiger partial charge in [0.15, 0.2) is 0 Å². The second kappa shape index (κ2) is 7.42. The Morgan fingerprint density at radius 2 is 2.08 bits per heavy atom. The van der Waals surface area contributed by atoms with Gasteiger partial charge in [0.05, 0.1) is 12.1 Å². The van der Waals surface area contributed by atoms with Gasteiger partial charge in [-0.05, 0) is 29.8 Å². The van der Waals surface area contributed by atoms with Gasteiger partial charge in [-0.15, -0.1) is 11.3 Å². The highest BCUT2D eigenvalue weighted by atomic mass is 35.5. The minimum atomic E-state index is -0.269. The Balaban J connectivity index is 1.66. The number of nitrogens with zero attached hydrogens (tertiary/aromatic N) is 2. The quantitative estimate of drug-likeness (QED) is 0.698. The van der Waals surface area contributed by atoms with Crippen molar-refractivity contribution < 1.29 is 9.53 Å². The summed E-state index contributed by atoms with van der Waals surface area (Å²) >= 11 is 7.26. The molecule has 3 rings (SSSR count). The van der Waals surface area contributed by atoms with E-state index in [4.69, 9.17) is 16.3 Å². The number of rotatable bonds is 5. The number of hydrogen-bond acceptors (Lipinski definition) is 5. The highest BCUT2D eigenvalue weighted by Crippen LogP contribution is 2.19. The maximum atomic E-state index is 12.2. The van der Waals surface area contributed by atoms with Crippen LogP contribution in [0.4, 0.5) is 5.69 Å². The molecule has 0 radical (unpaired) electrons. The van der Waals surface area contributed by atoms with Crippen molar-refractivity contribution in [3.8, 4) is 5.75 Å². The van der Waals surface area contributed by atoms with Gasteiger partial charge in [0, 0.05) is 23.7 Å². The van der Waals surface area contributed by atoms with E-state index in [1.165, 1.54) is 17.5 Å². The number of nitrogens with one attached hydrogen (secondary N) is 1. The SMILES string of the molecule is COc1ccc(Cc2nc(C(=O)Nc3ccnc(Cl)c3)cs2)cc1. The zero-order chi connectivity index (χ0) is 16.9. The molecule has 0 aliphatic carbocycles. The maximum Gasteiger partial charge on any atom is 0.275 e. The number of pyridine rings is 1. The number of halogens is 1.